The van der Waals surface area contributed by atoms with Crippen molar-refractivity contribution in [2.75, 3.05) is 17.7 Å². The van der Waals surface area contributed by atoms with Crippen LogP contribution in [0.2, 0.25) is 5.02 Å². The van der Waals surface area contributed by atoms with Gasteiger partial charge in [-0.1, -0.05) is 23.7 Å². The molecule has 4 nitrogen and oxygen atoms in total. The first-order valence-electron chi connectivity index (χ1n) is 6.73. The third kappa shape index (κ3) is 5.50. The zero-order chi connectivity index (χ0) is 17.5. The molecule has 0 aromatic heterocycles. The van der Waals surface area contributed by atoms with Gasteiger partial charge in [-0.25, -0.2) is 8.78 Å². The van der Waals surface area contributed by atoms with Crippen molar-refractivity contribution in [3.05, 3.63) is 59.1 Å². The number of carbonyl (C=O) groups excluding carboxylic acids is 2. The number of benzene rings is 2. The van der Waals surface area contributed by atoms with Crippen LogP contribution in [0.5, 0.6) is 0 Å². The fourth-order valence-electron chi connectivity index (χ4n) is 1.67. The lowest BCUT2D eigenvalue weighted by atomic mass is 10.3. The van der Waals surface area contributed by atoms with Crippen molar-refractivity contribution in [2.45, 2.75) is 4.90 Å². The summed E-state index contributed by atoms with van der Waals surface area (Å²) < 4.78 is 31.6. The van der Waals surface area contributed by atoms with Gasteiger partial charge in [0.05, 0.1) is 11.4 Å². The number of thioether (sulfide) groups is 1. The molecule has 2 aromatic carbocycles. The van der Waals surface area contributed by atoms with Gasteiger partial charge in [0.2, 0.25) is 0 Å². The van der Waals surface area contributed by atoms with Gasteiger partial charge < -0.3 is 10.1 Å². The summed E-state index contributed by atoms with van der Waals surface area (Å²) in [5.74, 6) is -2.65. The summed E-state index contributed by atoms with van der Waals surface area (Å²) in [7, 11) is 0. The van der Waals surface area contributed by atoms with E-state index in [0.717, 1.165) is 17.8 Å². The molecule has 1 N–H and O–H groups in total. The second-order valence-electron chi connectivity index (χ2n) is 4.55. The minimum absolute atomic E-state index is 0.107. The monoisotopic (exact) mass is 371 g/mol. The zero-order valence-electron chi connectivity index (χ0n) is 12.2. The largest absolute Gasteiger partial charge is 0.455 e. The number of carbonyl (C=O) groups is 2. The molecular weight excluding hydrogens is 360 g/mol. The molecule has 24 heavy (non-hydrogen) atoms. The smallest absolute Gasteiger partial charge is 0.316 e. The second kappa shape index (κ2) is 8.65. The molecule has 0 radical (unpaired) electrons. The van der Waals surface area contributed by atoms with Crippen LogP contribution in [0.4, 0.5) is 14.5 Å². The molecule has 0 unspecified atom stereocenters. The van der Waals surface area contributed by atoms with Gasteiger partial charge >= 0.3 is 5.97 Å². The van der Waals surface area contributed by atoms with Gasteiger partial charge in [-0.3, -0.25) is 9.59 Å². The first kappa shape index (κ1) is 18.2. The molecule has 0 aliphatic carbocycles. The van der Waals surface area contributed by atoms with Crippen LogP contribution in [0.25, 0.3) is 0 Å². The number of hydrogen-bond acceptors (Lipinski definition) is 4. The fourth-order valence-corrected chi connectivity index (χ4v) is 2.58. The van der Waals surface area contributed by atoms with Crippen LogP contribution in [0, 0.1) is 11.6 Å². The lowest BCUT2D eigenvalue weighted by molar-refractivity contribution is -0.144. The standard InChI is InChI=1S/C16H12ClF2NO3S/c17-10-5-6-11(18)13(7-10)20-15(21)8-23-16(22)9-24-14-4-2-1-3-12(14)19/h1-7H,8-9H2,(H,20,21). The Hall–Kier alpha value is -2.12. The highest BCUT2D eigenvalue weighted by Crippen LogP contribution is 2.21. The van der Waals surface area contributed by atoms with E-state index in [4.69, 9.17) is 16.3 Å². The Morgan fingerprint density at radius 1 is 1.12 bits per heavy atom. The van der Waals surface area contributed by atoms with E-state index in [1.54, 1.807) is 6.07 Å². The van der Waals surface area contributed by atoms with E-state index in [0.29, 0.717) is 4.90 Å². The molecule has 2 rings (SSSR count). The summed E-state index contributed by atoms with van der Waals surface area (Å²) in [6, 6.07) is 9.68. The van der Waals surface area contributed by atoms with Gasteiger partial charge in [-0.05, 0) is 30.3 Å². The second-order valence-corrected chi connectivity index (χ2v) is 6.01. The number of halogens is 3. The Bertz CT molecular complexity index is 758. The molecule has 0 atom stereocenters. The maximum absolute atomic E-state index is 13.5. The molecule has 2 aromatic rings. The van der Waals surface area contributed by atoms with Crippen molar-refractivity contribution in [3.8, 4) is 0 Å². The van der Waals surface area contributed by atoms with Crippen LogP contribution in [0.3, 0.4) is 0 Å². The normalized spacial score (nSPS) is 10.3. The fraction of sp³-hybridized carbons (Fsp3) is 0.125. The van der Waals surface area contributed by atoms with Crippen molar-refractivity contribution in [2.24, 2.45) is 0 Å². The number of hydrogen-bond donors (Lipinski definition) is 1. The molecular formula is C16H12ClF2NO3S. The maximum atomic E-state index is 13.5. The average Bonchev–Trinajstić information content (AvgIpc) is 2.55. The van der Waals surface area contributed by atoms with E-state index < -0.39 is 30.1 Å². The highest BCUT2D eigenvalue weighted by atomic mass is 35.5. The summed E-state index contributed by atoms with van der Waals surface area (Å²) >= 11 is 6.66. The molecule has 126 valence electrons. The van der Waals surface area contributed by atoms with E-state index in [9.17, 15) is 18.4 Å². The molecule has 1 amide bonds. The van der Waals surface area contributed by atoms with Gasteiger partial charge in [0.1, 0.15) is 11.6 Å². The number of nitrogens with one attached hydrogen (secondary N) is 1. The van der Waals surface area contributed by atoms with Crippen LogP contribution in [0.1, 0.15) is 0 Å². The highest BCUT2D eigenvalue weighted by molar-refractivity contribution is 8.00. The Labute approximate surface area is 146 Å². The van der Waals surface area contributed by atoms with Crippen molar-refractivity contribution >= 4 is 40.9 Å². The summed E-state index contributed by atoms with van der Waals surface area (Å²) in [6.45, 7) is -0.581. The molecule has 0 aliphatic rings. The lowest BCUT2D eigenvalue weighted by Crippen LogP contribution is -2.22. The maximum Gasteiger partial charge on any atom is 0.316 e. The Morgan fingerprint density at radius 2 is 1.88 bits per heavy atom. The molecule has 0 bridgehead atoms. The van der Waals surface area contributed by atoms with Crippen molar-refractivity contribution in [1.82, 2.24) is 0 Å². The number of amides is 1. The molecule has 0 spiro atoms. The molecule has 8 heteroatoms. The predicted octanol–water partition coefficient (Wildman–Crippen LogP) is 3.89. The van der Waals surface area contributed by atoms with Gasteiger partial charge in [0, 0.05) is 9.92 Å². The average molecular weight is 372 g/mol. The first-order chi connectivity index (χ1) is 11.5. The van der Waals surface area contributed by atoms with Crippen LogP contribution in [-0.4, -0.2) is 24.2 Å². The molecule has 0 saturated heterocycles. The lowest BCUT2D eigenvalue weighted by Gasteiger charge is -2.08. The van der Waals surface area contributed by atoms with Gasteiger partial charge in [0.25, 0.3) is 5.91 Å². The number of rotatable bonds is 6. The highest BCUT2D eigenvalue weighted by Gasteiger charge is 2.12. The third-order valence-electron chi connectivity index (χ3n) is 2.75. The summed E-state index contributed by atoms with van der Waals surface area (Å²) in [6.07, 6.45) is 0. The van der Waals surface area contributed by atoms with Crippen LogP contribution < -0.4 is 5.32 Å². The minimum Gasteiger partial charge on any atom is -0.455 e. The molecule has 0 aliphatic heterocycles. The first-order valence-corrected chi connectivity index (χ1v) is 8.10. The van der Waals surface area contributed by atoms with E-state index in [-0.39, 0.29) is 16.5 Å². The van der Waals surface area contributed by atoms with Gasteiger partial charge in [-0.2, -0.15) is 0 Å². The van der Waals surface area contributed by atoms with E-state index in [1.165, 1.54) is 30.3 Å². The summed E-state index contributed by atoms with van der Waals surface area (Å²) in [4.78, 5) is 23.5. The Morgan fingerprint density at radius 3 is 2.62 bits per heavy atom. The van der Waals surface area contributed by atoms with Gasteiger partial charge in [0.15, 0.2) is 6.61 Å². The van der Waals surface area contributed by atoms with E-state index in [1.807, 2.05) is 0 Å². The zero-order valence-corrected chi connectivity index (χ0v) is 13.8. The number of anilines is 1. The molecule has 0 saturated carbocycles. The van der Waals surface area contributed by atoms with E-state index >= 15 is 0 Å². The van der Waals surface area contributed by atoms with Crippen molar-refractivity contribution in [3.63, 3.8) is 0 Å². The minimum atomic E-state index is -0.708. The van der Waals surface area contributed by atoms with Crippen LogP contribution >= 0.6 is 23.4 Å². The number of ether oxygens (including phenoxy) is 1. The van der Waals surface area contributed by atoms with E-state index in [2.05, 4.69) is 5.32 Å². The third-order valence-corrected chi connectivity index (χ3v) is 4.01. The van der Waals surface area contributed by atoms with Crippen LogP contribution in [-0.2, 0) is 14.3 Å². The predicted molar refractivity (Wildman–Crippen MR) is 88.1 cm³/mol. The summed E-state index contributed by atoms with van der Waals surface area (Å²) in [5.41, 5.74) is -0.107. The number of esters is 1. The Balaban J connectivity index is 1.78. The van der Waals surface area contributed by atoms with Crippen molar-refractivity contribution in [1.29, 1.82) is 0 Å². The molecule has 0 fully saturated rings. The topological polar surface area (TPSA) is 55.4 Å². The van der Waals surface area contributed by atoms with Gasteiger partial charge in [-0.15, -0.1) is 11.8 Å². The summed E-state index contributed by atoms with van der Waals surface area (Å²) in [5, 5.41) is 2.50. The SMILES string of the molecule is O=C(COC(=O)CSc1ccccc1F)Nc1cc(Cl)ccc1F. The van der Waals surface area contributed by atoms with Crippen LogP contribution in [0.15, 0.2) is 47.4 Å². The van der Waals surface area contributed by atoms with Crippen molar-refractivity contribution < 1.29 is 23.1 Å². The Kier molecular flexibility index (Phi) is 6.57. The quantitative estimate of drug-likeness (QED) is 0.618. The molecule has 0 heterocycles.